The van der Waals surface area contributed by atoms with Crippen LogP contribution in [0.4, 0.5) is 4.39 Å². The molecule has 1 fully saturated rings. The Morgan fingerprint density at radius 3 is 2.79 bits per heavy atom. The lowest BCUT2D eigenvalue weighted by molar-refractivity contribution is 0.0568. The Hall–Kier alpha value is -0.580. The van der Waals surface area contributed by atoms with E-state index < -0.39 is 0 Å². The van der Waals surface area contributed by atoms with E-state index in [9.17, 15) is 4.39 Å². The quantitative estimate of drug-likeness (QED) is 0.809. The van der Waals surface area contributed by atoms with Crippen molar-refractivity contribution in [3.8, 4) is 0 Å². The molecule has 19 heavy (non-hydrogen) atoms. The van der Waals surface area contributed by atoms with Gasteiger partial charge >= 0.3 is 0 Å². The minimum Gasteiger partial charge on any atom is -0.381 e. The minimum absolute atomic E-state index is 0.116. The number of ether oxygens (including phenoxy) is 1. The third-order valence-electron chi connectivity index (χ3n) is 3.56. The highest BCUT2D eigenvalue weighted by atomic mass is 32.2. The predicted molar refractivity (Wildman–Crippen MR) is 78.1 cm³/mol. The lowest BCUT2D eigenvalue weighted by atomic mass is 9.93. The van der Waals surface area contributed by atoms with Gasteiger partial charge in [0.1, 0.15) is 5.82 Å². The van der Waals surface area contributed by atoms with Crippen molar-refractivity contribution in [1.82, 2.24) is 5.32 Å². The van der Waals surface area contributed by atoms with Gasteiger partial charge in [-0.1, -0.05) is 19.1 Å². The monoisotopic (exact) mass is 283 g/mol. The average molecular weight is 283 g/mol. The molecule has 1 saturated heterocycles. The molecule has 0 aliphatic carbocycles. The summed E-state index contributed by atoms with van der Waals surface area (Å²) in [6.07, 6.45) is 2.21. The topological polar surface area (TPSA) is 21.3 Å². The highest BCUT2D eigenvalue weighted by Crippen LogP contribution is 2.26. The molecule has 1 unspecified atom stereocenters. The van der Waals surface area contributed by atoms with Crippen LogP contribution >= 0.6 is 11.8 Å². The molecule has 2 rings (SSSR count). The number of hydrogen-bond acceptors (Lipinski definition) is 3. The maximum atomic E-state index is 13.6. The first-order valence-corrected chi connectivity index (χ1v) is 7.98. The molecule has 1 atom stereocenters. The highest BCUT2D eigenvalue weighted by Gasteiger charge is 2.23. The van der Waals surface area contributed by atoms with E-state index in [1.165, 1.54) is 6.07 Å². The second kappa shape index (κ2) is 7.88. The molecule has 0 saturated carbocycles. The summed E-state index contributed by atoms with van der Waals surface area (Å²) in [5, 5.41) is 3.54. The molecule has 1 aromatic carbocycles. The Bertz CT molecular complexity index is 382. The molecule has 1 N–H and O–H groups in total. The highest BCUT2D eigenvalue weighted by molar-refractivity contribution is 7.99. The van der Waals surface area contributed by atoms with Gasteiger partial charge in [-0.15, -0.1) is 11.8 Å². The van der Waals surface area contributed by atoms with Gasteiger partial charge in [0.05, 0.1) is 0 Å². The summed E-state index contributed by atoms with van der Waals surface area (Å²) in [4.78, 5) is 0.748. The fourth-order valence-electron chi connectivity index (χ4n) is 2.48. The number of hydrogen-bond donors (Lipinski definition) is 1. The molecule has 4 heteroatoms. The largest absolute Gasteiger partial charge is 0.381 e. The van der Waals surface area contributed by atoms with Gasteiger partial charge in [0, 0.05) is 29.9 Å². The second-order valence-corrected chi connectivity index (χ2v) is 5.92. The number of benzene rings is 1. The Morgan fingerprint density at radius 2 is 2.11 bits per heavy atom. The number of thioether (sulfide) groups is 1. The third-order valence-corrected chi connectivity index (χ3v) is 4.72. The SMILES string of the molecule is CCNC(CSc1ccccc1F)C1CCOCC1. The van der Waals surface area contributed by atoms with Crippen molar-refractivity contribution in [3.63, 3.8) is 0 Å². The fraction of sp³-hybridized carbons (Fsp3) is 0.600. The normalized spacial score (nSPS) is 18.4. The lowest BCUT2D eigenvalue weighted by Crippen LogP contribution is -2.40. The summed E-state index contributed by atoms with van der Waals surface area (Å²) in [6, 6.07) is 7.45. The standard InChI is InChI=1S/C15H22FNOS/c1-2-17-14(12-7-9-18-10-8-12)11-19-15-6-4-3-5-13(15)16/h3-6,12,14,17H,2,7-11H2,1H3. The van der Waals surface area contributed by atoms with Crippen LogP contribution in [0.3, 0.4) is 0 Å². The predicted octanol–water partition coefficient (Wildman–Crippen LogP) is 3.32. The van der Waals surface area contributed by atoms with Gasteiger partial charge in [-0.05, 0) is 37.4 Å². The molecule has 0 radical (unpaired) electrons. The first kappa shape index (κ1) is 14.8. The minimum atomic E-state index is -0.116. The average Bonchev–Trinajstić information content (AvgIpc) is 2.46. The van der Waals surface area contributed by atoms with Gasteiger partial charge in [-0.3, -0.25) is 0 Å². The maximum absolute atomic E-state index is 13.6. The van der Waals surface area contributed by atoms with Crippen LogP contribution in [-0.2, 0) is 4.74 Å². The summed E-state index contributed by atoms with van der Waals surface area (Å²) in [5.41, 5.74) is 0. The van der Waals surface area contributed by atoms with Crippen molar-refractivity contribution in [2.24, 2.45) is 5.92 Å². The summed E-state index contributed by atoms with van der Waals surface area (Å²) in [5.74, 6) is 1.45. The van der Waals surface area contributed by atoms with Crippen LogP contribution < -0.4 is 5.32 Å². The molecule has 0 spiro atoms. The van der Waals surface area contributed by atoms with Crippen LogP contribution in [0.2, 0.25) is 0 Å². The zero-order chi connectivity index (χ0) is 13.5. The van der Waals surface area contributed by atoms with Crippen LogP contribution in [0.25, 0.3) is 0 Å². The number of halogens is 1. The van der Waals surface area contributed by atoms with Crippen LogP contribution in [0.15, 0.2) is 29.2 Å². The Kier molecular flexibility index (Phi) is 6.14. The molecule has 0 aromatic heterocycles. The van der Waals surface area contributed by atoms with Gasteiger partial charge in [-0.25, -0.2) is 4.39 Å². The molecule has 106 valence electrons. The van der Waals surface area contributed by atoms with E-state index in [0.29, 0.717) is 12.0 Å². The molecule has 1 aliphatic heterocycles. The van der Waals surface area contributed by atoms with E-state index >= 15 is 0 Å². The van der Waals surface area contributed by atoms with Gasteiger partial charge in [0.15, 0.2) is 0 Å². The molecule has 1 aliphatic rings. The first-order chi connectivity index (χ1) is 9.31. The zero-order valence-electron chi connectivity index (χ0n) is 11.4. The smallest absolute Gasteiger partial charge is 0.136 e. The van der Waals surface area contributed by atoms with E-state index in [1.54, 1.807) is 17.8 Å². The zero-order valence-corrected chi connectivity index (χ0v) is 12.2. The molecule has 2 nitrogen and oxygen atoms in total. The van der Waals surface area contributed by atoms with Crippen LogP contribution in [0.5, 0.6) is 0 Å². The van der Waals surface area contributed by atoms with Crippen molar-refractivity contribution >= 4 is 11.8 Å². The fourth-order valence-corrected chi connectivity index (χ4v) is 3.61. The lowest BCUT2D eigenvalue weighted by Gasteiger charge is -2.30. The van der Waals surface area contributed by atoms with Crippen LogP contribution in [0.1, 0.15) is 19.8 Å². The van der Waals surface area contributed by atoms with E-state index in [2.05, 4.69) is 12.2 Å². The Balaban J connectivity index is 1.91. The van der Waals surface area contributed by atoms with Crippen molar-refractivity contribution in [1.29, 1.82) is 0 Å². The summed E-state index contributed by atoms with van der Waals surface area (Å²) >= 11 is 1.61. The summed E-state index contributed by atoms with van der Waals surface area (Å²) in [6.45, 7) is 4.80. The van der Waals surface area contributed by atoms with Crippen LogP contribution in [-0.4, -0.2) is 31.6 Å². The van der Waals surface area contributed by atoms with Crippen LogP contribution in [0, 0.1) is 11.7 Å². The van der Waals surface area contributed by atoms with Crippen molar-refractivity contribution in [2.75, 3.05) is 25.5 Å². The first-order valence-electron chi connectivity index (χ1n) is 6.99. The molecular weight excluding hydrogens is 261 g/mol. The van der Waals surface area contributed by atoms with E-state index in [4.69, 9.17) is 4.74 Å². The van der Waals surface area contributed by atoms with E-state index in [1.807, 2.05) is 12.1 Å². The Labute approximate surface area is 119 Å². The third kappa shape index (κ3) is 4.48. The number of rotatable bonds is 6. The molecule has 0 amide bonds. The van der Waals surface area contributed by atoms with Crippen molar-refractivity contribution in [2.45, 2.75) is 30.7 Å². The van der Waals surface area contributed by atoms with Gasteiger partial charge in [0.25, 0.3) is 0 Å². The summed E-state index contributed by atoms with van der Waals surface area (Å²) < 4.78 is 19.0. The number of nitrogens with one attached hydrogen (secondary N) is 1. The second-order valence-electron chi connectivity index (χ2n) is 4.86. The van der Waals surface area contributed by atoms with E-state index in [0.717, 1.165) is 43.2 Å². The van der Waals surface area contributed by atoms with Crippen molar-refractivity contribution in [3.05, 3.63) is 30.1 Å². The van der Waals surface area contributed by atoms with Gasteiger partial charge in [0.2, 0.25) is 0 Å². The maximum Gasteiger partial charge on any atom is 0.136 e. The van der Waals surface area contributed by atoms with E-state index in [-0.39, 0.29) is 5.82 Å². The van der Waals surface area contributed by atoms with Gasteiger partial charge in [-0.2, -0.15) is 0 Å². The molecule has 0 bridgehead atoms. The van der Waals surface area contributed by atoms with Crippen molar-refractivity contribution < 1.29 is 9.13 Å². The molecule has 1 heterocycles. The van der Waals surface area contributed by atoms with Gasteiger partial charge < -0.3 is 10.1 Å². The Morgan fingerprint density at radius 1 is 1.37 bits per heavy atom. The molecular formula is C15H22FNOS. The molecule has 1 aromatic rings. The summed E-state index contributed by atoms with van der Waals surface area (Å²) in [7, 11) is 0.